The van der Waals surface area contributed by atoms with Crippen LogP contribution in [0.3, 0.4) is 0 Å². The van der Waals surface area contributed by atoms with Crippen LogP contribution in [-0.2, 0) is 4.79 Å². The molecule has 2 atom stereocenters. The minimum absolute atomic E-state index is 0.383. The monoisotopic (exact) mass is 237 g/mol. The largest absolute Gasteiger partial charge is 0.298 e. The Kier molecular flexibility index (Phi) is 4.61. The minimum Gasteiger partial charge on any atom is -0.298 e. The van der Waals surface area contributed by atoms with E-state index in [9.17, 15) is 4.79 Å². The molecule has 98 valence electrons. The Morgan fingerprint density at radius 3 is 2.47 bits per heavy atom. The average molecular weight is 237 g/mol. The summed E-state index contributed by atoms with van der Waals surface area (Å²) >= 11 is 0. The number of likely N-dealkylation sites (tertiary alicyclic amines) is 1. The highest BCUT2D eigenvalue weighted by molar-refractivity contribution is 5.83. The summed E-state index contributed by atoms with van der Waals surface area (Å²) in [7, 11) is 0. The number of hydrogen-bond donors (Lipinski definition) is 0. The second-order valence-electron chi connectivity index (χ2n) is 6.13. The van der Waals surface area contributed by atoms with Crippen LogP contribution in [0.4, 0.5) is 0 Å². The van der Waals surface area contributed by atoms with Gasteiger partial charge in [-0.1, -0.05) is 26.2 Å². The van der Waals surface area contributed by atoms with Crippen LogP contribution in [0, 0.1) is 11.8 Å². The zero-order valence-electron chi connectivity index (χ0n) is 11.5. The van der Waals surface area contributed by atoms with Crippen LogP contribution in [0.1, 0.15) is 58.8 Å². The van der Waals surface area contributed by atoms with E-state index in [4.69, 9.17) is 0 Å². The molecule has 0 bridgehead atoms. The number of ketones is 1. The van der Waals surface area contributed by atoms with Crippen LogP contribution in [0.2, 0.25) is 0 Å². The molecule has 1 saturated carbocycles. The van der Waals surface area contributed by atoms with E-state index in [-0.39, 0.29) is 0 Å². The van der Waals surface area contributed by atoms with E-state index in [0.29, 0.717) is 17.7 Å². The highest BCUT2D eigenvalue weighted by atomic mass is 16.1. The van der Waals surface area contributed by atoms with Crippen LogP contribution in [0.15, 0.2) is 0 Å². The van der Waals surface area contributed by atoms with Crippen molar-refractivity contribution in [2.75, 3.05) is 13.1 Å². The summed E-state index contributed by atoms with van der Waals surface area (Å²) in [6, 6.07) is 0.594. The first-order chi connectivity index (χ1) is 8.18. The number of hydrogen-bond acceptors (Lipinski definition) is 2. The van der Waals surface area contributed by atoms with Gasteiger partial charge in [-0.3, -0.25) is 9.69 Å². The molecule has 0 aromatic carbocycles. The Morgan fingerprint density at radius 2 is 1.76 bits per heavy atom. The maximum absolute atomic E-state index is 12.3. The molecule has 0 aromatic rings. The lowest BCUT2D eigenvalue weighted by Gasteiger charge is -2.38. The van der Waals surface area contributed by atoms with Crippen LogP contribution in [-0.4, -0.2) is 29.8 Å². The molecule has 0 N–H and O–H groups in total. The fourth-order valence-corrected chi connectivity index (χ4v) is 3.40. The normalized spacial score (nSPS) is 32.6. The van der Waals surface area contributed by atoms with Crippen molar-refractivity contribution >= 4 is 5.78 Å². The summed E-state index contributed by atoms with van der Waals surface area (Å²) in [6.45, 7) is 6.46. The fraction of sp³-hybridized carbons (Fsp3) is 0.933. The molecule has 0 radical (unpaired) electrons. The van der Waals surface area contributed by atoms with Crippen molar-refractivity contribution in [3.05, 3.63) is 0 Å². The van der Waals surface area contributed by atoms with Gasteiger partial charge in [-0.25, -0.2) is 0 Å². The first-order valence-electron chi connectivity index (χ1n) is 7.45. The number of nitrogens with zero attached hydrogens (tertiary/aromatic N) is 1. The molecule has 0 aromatic heterocycles. The summed E-state index contributed by atoms with van der Waals surface area (Å²) in [6.07, 6.45) is 8.76. The summed E-state index contributed by atoms with van der Waals surface area (Å²) in [5, 5.41) is 0. The molecule has 2 aliphatic rings. The second kappa shape index (κ2) is 5.99. The number of carbonyl (C=O) groups excluding carboxylic acids is 1. The van der Waals surface area contributed by atoms with Gasteiger partial charge < -0.3 is 0 Å². The topological polar surface area (TPSA) is 20.3 Å². The van der Waals surface area contributed by atoms with E-state index in [1.807, 2.05) is 0 Å². The summed E-state index contributed by atoms with van der Waals surface area (Å²) in [5.41, 5.74) is 0. The van der Waals surface area contributed by atoms with Crippen molar-refractivity contribution in [1.29, 1.82) is 0 Å². The van der Waals surface area contributed by atoms with Crippen molar-refractivity contribution in [2.24, 2.45) is 11.8 Å². The van der Waals surface area contributed by atoms with Gasteiger partial charge >= 0.3 is 0 Å². The molecule has 2 fully saturated rings. The van der Waals surface area contributed by atoms with Crippen LogP contribution in [0.25, 0.3) is 0 Å². The third kappa shape index (κ3) is 3.31. The van der Waals surface area contributed by atoms with E-state index < -0.39 is 0 Å². The number of Topliss-reactive ketones (excluding diaryl/α,β-unsaturated/α-hetero) is 1. The molecule has 2 rings (SSSR count). The quantitative estimate of drug-likeness (QED) is 0.751. The van der Waals surface area contributed by atoms with E-state index in [1.54, 1.807) is 0 Å². The Morgan fingerprint density at radius 1 is 1.06 bits per heavy atom. The SMILES string of the molecule is CC1CCCN(CC(=O)C2CCCCC2)C1C. The van der Waals surface area contributed by atoms with Crippen molar-refractivity contribution in [2.45, 2.75) is 64.8 Å². The van der Waals surface area contributed by atoms with Crippen molar-refractivity contribution in [3.63, 3.8) is 0 Å². The maximum Gasteiger partial charge on any atom is 0.149 e. The summed E-state index contributed by atoms with van der Waals surface area (Å²) in [4.78, 5) is 14.7. The van der Waals surface area contributed by atoms with Gasteiger partial charge in [-0.2, -0.15) is 0 Å². The molecule has 17 heavy (non-hydrogen) atoms. The molecular weight excluding hydrogens is 210 g/mol. The van der Waals surface area contributed by atoms with Crippen LogP contribution in [0.5, 0.6) is 0 Å². The lowest BCUT2D eigenvalue weighted by Crippen LogP contribution is -2.46. The second-order valence-corrected chi connectivity index (χ2v) is 6.13. The lowest BCUT2D eigenvalue weighted by molar-refractivity contribution is -0.126. The standard InChI is InChI=1S/C15H27NO/c1-12-7-6-10-16(13(12)2)11-15(17)14-8-4-3-5-9-14/h12-14H,3-11H2,1-2H3. The van der Waals surface area contributed by atoms with Gasteiger partial charge in [-0.15, -0.1) is 0 Å². The Labute approximate surface area is 106 Å². The zero-order valence-corrected chi connectivity index (χ0v) is 11.5. The molecular formula is C15H27NO. The van der Waals surface area contributed by atoms with Crippen molar-refractivity contribution in [3.8, 4) is 0 Å². The molecule has 1 aliphatic heterocycles. The first-order valence-corrected chi connectivity index (χ1v) is 7.45. The highest BCUT2D eigenvalue weighted by Gasteiger charge is 2.28. The Balaban J connectivity index is 1.84. The first kappa shape index (κ1) is 13.1. The predicted molar refractivity (Wildman–Crippen MR) is 71.0 cm³/mol. The third-order valence-electron chi connectivity index (χ3n) is 4.92. The molecule has 0 amide bonds. The molecule has 0 spiro atoms. The molecule has 1 saturated heterocycles. The molecule has 2 heteroatoms. The summed E-state index contributed by atoms with van der Waals surface area (Å²) < 4.78 is 0. The van der Waals surface area contributed by atoms with Gasteiger partial charge in [-0.05, 0) is 45.1 Å². The zero-order chi connectivity index (χ0) is 12.3. The molecule has 1 heterocycles. The van der Waals surface area contributed by atoms with Crippen LogP contribution >= 0.6 is 0 Å². The molecule has 1 aliphatic carbocycles. The van der Waals surface area contributed by atoms with Gasteiger partial charge in [0, 0.05) is 12.0 Å². The van der Waals surface area contributed by atoms with E-state index in [0.717, 1.165) is 31.8 Å². The van der Waals surface area contributed by atoms with Gasteiger partial charge in [0.1, 0.15) is 5.78 Å². The minimum atomic E-state index is 0.383. The predicted octanol–water partition coefficient (Wildman–Crippen LogP) is 3.26. The Hall–Kier alpha value is -0.370. The van der Waals surface area contributed by atoms with Gasteiger partial charge in [0.15, 0.2) is 0 Å². The van der Waals surface area contributed by atoms with Crippen molar-refractivity contribution < 1.29 is 4.79 Å². The molecule has 2 unspecified atom stereocenters. The maximum atomic E-state index is 12.3. The lowest BCUT2D eigenvalue weighted by atomic mass is 9.85. The summed E-state index contributed by atoms with van der Waals surface area (Å²) in [5.74, 6) is 1.65. The third-order valence-corrected chi connectivity index (χ3v) is 4.92. The fourth-order valence-electron chi connectivity index (χ4n) is 3.40. The number of rotatable bonds is 3. The van der Waals surface area contributed by atoms with Crippen LogP contribution < -0.4 is 0 Å². The van der Waals surface area contributed by atoms with E-state index in [2.05, 4.69) is 18.7 Å². The van der Waals surface area contributed by atoms with E-state index >= 15 is 0 Å². The van der Waals surface area contributed by atoms with E-state index in [1.165, 1.54) is 32.1 Å². The van der Waals surface area contributed by atoms with Gasteiger partial charge in [0.25, 0.3) is 0 Å². The molecule has 2 nitrogen and oxygen atoms in total. The number of carbonyl (C=O) groups is 1. The Bertz CT molecular complexity index is 258. The average Bonchev–Trinajstić information content (AvgIpc) is 2.36. The van der Waals surface area contributed by atoms with Gasteiger partial charge in [0.2, 0.25) is 0 Å². The smallest absolute Gasteiger partial charge is 0.149 e. The number of piperidine rings is 1. The highest BCUT2D eigenvalue weighted by Crippen LogP contribution is 2.27. The van der Waals surface area contributed by atoms with Crippen molar-refractivity contribution in [1.82, 2.24) is 4.90 Å². The van der Waals surface area contributed by atoms with Gasteiger partial charge in [0.05, 0.1) is 6.54 Å².